The van der Waals surface area contributed by atoms with Crippen molar-refractivity contribution in [1.29, 1.82) is 0 Å². The quantitative estimate of drug-likeness (QED) is 0.686. The van der Waals surface area contributed by atoms with E-state index in [1.807, 2.05) is 6.07 Å². The van der Waals surface area contributed by atoms with Crippen LogP contribution in [0.25, 0.3) is 0 Å². The molecule has 2 N–H and O–H groups in total. The van der Waals surface area contributed by atoms with Crippen molar-refractivity contribution >= 4 is 11.8 Å². The van der Waals surface area contributed by atoms with Gasteiger partial charge in [-0.15, -0.1) is 0 Å². The summed E-state index contributed by atoms with van der Waals surface area (Å²) >= 11 is 0. The lowest BCUT2D eigenvalue weighted by molar-refractivity contribution is -0.135. The van der Waals surface area contributed by atoms with E-state index in [4.69, 9.17) is 0 Å². The van der Waals surface area contributed by atoms with E-state index in [1.165, 1.54) is 4.90 Å². The van der Waals surface area contributed by atoms with Gasteiger partial charge in [-0.25, -0.2) is 0 Å². The Kier molecular flexibility index (Phi) is 7.24. The van der Waals surface area contributed by atoms with E-state index < -0.39 is 0 Å². The highest BCUT2D eigenvalue weighted by Gasteiger charge is 2.21. The van der Waals surface area contributed by atoms with Crippen molar-refractivity contribution in [3.63, 3.8) is 0 Å². The molecule has 2 rings (SSSR count). The first kappa shape index (κ1) is 18.4. The van der Waals surface area contributed by atoms with Crippen molar-refractivity contribution in [2.24, 2.45) is 0 Å². The Hall–Kier alpha value is -1.89. The van der Waals surface area contributed by atoms with Gasteiger partial charge in [0, 0.05) is 37.9 Å². The SMILES string of the molecule is CCCCNC(=O)CN(C)C(=O)Cn1nccc1[C@@H]1CCCNC1. The second kappa shape index (κ2) is 9.42. The van der Waals surface area contributed by atoms with E-state index >= 15 is 0 Å². The Morgan fingerprint density at radius 1 is 1.50 bits per heavy atom. The lowest BCUT2D eigenvalue weighted by atomic mass is 9.96. The van der Waals surface area contributed by atoms with E-state index in [0.717, 1.165) is 44.5 Å². The zero-order valence-corrected chi connectivity index (χ0v) is 14.8. The van der Waals surface area contributed by atoms with Gasteiger partial charge in [-0.3, -0.25) is 14.3 Å². The summed E-state index contributed by atoms with van der Waals surface area (Å²) in [4.78, 5) is 25.7. The Bertz CT molecular complexity index is 537. The number of nitrogens with one attached hydrogen (secondary N) is 2. The Morgan fingerprint density at radius 3 is 3.04 bits per heavy atom. The summed E-state index contributed by atoms with van der Waals surface area (Å²) in [5.41, 5.74) is 1.09. The maximum absolute atomic E-state index is 12.4. The fourth-order valence-corrected chi connectivity index (χ4v) is 2.94. The smallest absolute Gasteiger partial charge is 0.244 e. The molecule has 1 atom stereocenters. The number of amides is 2. The Labute approximate surface area is 143 Å². The van der Waals surface area contributed by atoms with E-state index in [2.05, 4.69) is 22.7 Å². The first-order valence-corrected chi connectivity index (χ1v) is 8.85. The number of aromatic nitrogens is 2. The van der Waals surface area contributed by atoms with Gasteiger partial charge in [0.1, 0.15) is 6.54 Å². The fourth-order valence-electron chi connectivity index (χ4n) is 2.94. The predicted molar refractivity (Wildman–Crippen MR) is 92.6 cm³/mol. The molecular weight excluding hydrogens is 306 g/mol. The third-order valence-corrected chi connectivity index (χ3v) is 4.41. The molecule has 24 heavy (non-hydrogen) atoms. The van der Waals surface area contributed by atoms with Crippen molar-refractivity contribution in [2.45, 2.75) is 45.1 Å². The number of hydrogen-bond acceptors (Lipinski definition) is 4. The lowest BCUT2D eigenvalue weighted by Crippen LogP contribution is -2.40. The monoisotopic (exact) mass is 335 g/mol. The van der Waals surface area contributed by atoms with Crippen LogP contribution in [0.1, 0.15) is 44.2 Å². The number of piperidine rings is 1. The predicted octanol–water partition coefficient (Wildman–Crippen LogP) is 0.725. The second-order valence-electron chi connectivity index (χ2n) is 6.41. The molecule has 2 amide bonds. The largest absolute Gasteiger partial charge is 0.355 e. The van der Waals surface area contributed by atoms with Gasteiger partial charge >= 0.3 is 0 Å². The minimum Gasteiger partial charge on any atom is -0.355 e. The molecule has 0 saturated carbocycles. The summed E-state index contributed by atoms with van der Waals surface area (Å²) in [6, 6.07) is 1.99. The highest BCUT2D eigenvalue weighted by molar-refractivity contribution is 5.84. The molecular formula is C17H29N5O2. The van der Waals surface area contributed by atoms with E-state index in [-0.39, 0.29) is 24.9 Å². The third kappa shape index (κ3) is 5.33. The molecule has 134 valence electrons. The minimum absolute atomic E-state index is 0.0874. The number of carbonyl (C=O) groups is 2. The second-order valence-corrected chi connectivity index (χ2v) is 6.41. The van der Waals surface area contributed by atoms with Crippen molar-refractivity contribution in [3.8, 4) is 0 Å². The summed E-state index contributed by atoms with van der Waals surface area (Å²) in [5.74, 6) is 0.183. The molecule has 0 bridgehead atoms. The van der Waals surface area contributed by atoms with Crippen LogP contribution in [0.5, 0.6) is 0 Å². The summed E-state index contributed by atoms with van der Waals surface area (Å²) in [6.45, 7) is 4.98. The zero-order valence-electron chi connectivity index (χ0n) is 14.8. The van der Waals surface area contributed by atoms with Gasteiger partial charge < -0.3 is 15.5 Å². The van der Waals surface area contributed by atoms with Gasteiger partial charge in [-0.2, -0.15) is 5.10 Å². The topological polar surface area (TPSA) is 79.3 Å². The van der Waals surface area contributed by atoms with Gasteiger partial charge in [0.05, 0.1) is 6.54 Å². The molecule has 0 radical (unpaired) electrons. The molecule has 1 aromatic rings. The number of rotatable bonds is 8. The number of nitrogens with zero attached hydrogens (tertiary/aromatic N) is 3. The van der Waals surface area contributed by atoms with Crippen LogP contribution in [-0.4, -0.2) is 59.7 Å². The highest BCUT2D eigenvalue weighted by Crippen LogP contribution is 2.22. The molecule has 0 aromatic carbocycles. The summed E-state index contributed by atoms with van der Waals surface area (Å²) in [5, 5.41) is 10.5. The maximum Gasteiger partial charge on any atom is 0.244 e. The molecule has 2 heterocycles. The Morgan fingerprint density at radius 2 is 2.33 bits per heavy atom. The van der Waals surface area contributed by atoms with Crippen LogP contribution in [0.3, 0.4) is 0 Å². The van der Waals surface area contributed by atoms with Crippen molar-refractivity contribution < 1.29 is 9.59 Å². The van der Waals surface area contributed by atoms with Crippen LogP contribution in [-0.2, 0) is 16.1 Å². The fraction of sp³-hybridized carbons (Fsp3) is 0.706. The zero-order chi connectivity index (χ0) is 17.4. The first-order valence-electron chi connectivity index (χ1n) is 8.85. The molecule has 1 saturated heterocycles. The van der Waals surface area contributed by atoms with Crippen molar-refractivity contribution in [3.05, 3.63) is 18.0 Å². The van der Waals surface area contributed by atoms with Gasteiger partial charge in [-0.05, 0) is 31.9 Å². The minimum atomic E-state index is -0.114. The van der Waals surface area contributed by atoms with Gasteiger partial charge in [0.15, 0.2) is 0 Å². The van der Waals surface area contributed by atoms with Crippen LogP contribution >= 0.6 is 0 Å². The van der Waals surface area contributed by atoms with E-state index in [1.54, 1.807) is 17.9 Å². The average molecular weight is 335 g/mol. The van der Waals surface area contributed by atoms with Gasteiger partial charge in [0.25, 0.3) is 0 Å². The number of likely N-dealkylation sites (N-methyl/N-ethyl adjacent to an activating group) is 1. The van der Waals surface area contributed by atoms with Gasteiger partial charge in [0.2, 0.25) is 11.8 Å². The molecule has 7 nitrogen and oxygen atoms in total. The van der Waals surface area contributed by atoms with E-state index in [0.29, 0.717) is 12.5 Å². The third-order valence-electron chi connectivity index (χ3n) is 4.41. The molecule has 7 heteroatoms. The first-order chi connectivity index (χ1) is 11.6. The Balaban J connectivity index is 1.85. The number of hydrogen-bond donors (Lipinski definition) is 2. The summed E-state index contributed by atoms with van der Waals surface area (Å²) < 4.78 is 1.77. The highest BCUT2D eigenvalue weighted by atomic mass is 16.2. The van der Waals surface area contributed by atoms with Crippen LogP contribution in [0.4, 0.5) is 0 Å². The molecule has 1 aliphatic heterocycles. The van der Waals surface area contributed by atoms with Crippen LogP contribution in [0.2, 0.25) is 0 Å². The summed E-state index contributed by atoms with van der Waals surface area (Å²) in [6.07, 6.45) is 5.99. The normalized spacial score (nSPS) is 17.5. The average Bonchev–Trinajstić information content (AvgIpc) is 3.04. The number of unbranched alkanes of at least 4 members (excludes halogenated alkanes) is 1. The number of carbonyl (C=O) groups excluding carboxylic acids is 2. The molecule has 1 fully saturated rings. The maximum atomic E-state index is 12.4. The van der Waals surface area contributed by atoms with Gasteiger partial charge in [-0.1, -0.05) is 13.3 Å². The van der Waals surface area contributed by atoms with Crippen LogP contribution in [0, 0.1) is 0 Å². The molecule has 0 spiro atoms. The lowest BCUT2D eigenvalue weighted by Gasteiger charge is -2.24. The standard InChI is InChI=1S/C17H29N5O2/c1-3-4-9-19-16(23)12-21(2)17(24)13-22-15(7-10-20-22)14-6-5-8-18-11-14/h7,10,14,18H,3-6,8-9,11-13H2,1-2H3,(H,19,23)/t14-/m1/s1. The van der Waals surface area contributed by atoms with Crippen LogP contribution in [0.15, 0.2) is 12.3 Å². The molecule has 1 aromatic heterocycles. The molecule has 1 aliphatic rings. The summed E-state index contributed by atoms with van der Waals surface area (Å²) in [7, 11) is 1.66. The molecule has 0 unspecified atom stereocenters. The van der Waals surface area contributed by atoms with Crippen LogP contribution < -0.4 is 10.6 Å². The molecule has 0 aliphatic carbocycles. The van der Waals surface area contributed by atoms with E-state index in [9.17, 15) is 9.59 Å². The van der Waals surface area contributed by atoms with Crippen molar-refractivity contribution in [1.82, 2.24) is 25.3 Å². The van der Waals surface area contributed by atoms with Crippen molar-refractivity contribution in [2.75, 3.05) is 33.2 Å².